The van der Waals surface area contributed by atoms with Crippen molar-refractivity contribution in [1.82, 2.24) is 9.55 Å². The molecule has 0 spiro atoms. The second kappa shape index (κ2) is 4.54. The average Bonchev–Trinajstić information content (AvgIpc) is 2.70. The number of hydrogen-bond donors (Lipinski definition) is 1. The highest BCUT2D eigenvalue weighted by Gasteiger charge is 2.14. The van der Waals surface area contributed by atoms with Gasteiger partial charge in [0.15, 0.2) is 0 Å². The van der Waals surface area contributed by atoms with Crippen LogP contribution in [0.2, 0.25) is 5.02 Å². The predicted octanol–water partition coefficient (Wildman–Crippen LogP) is 4.33. The normalized spacial score (nSPS) is 11.1. The van der Waals surface area contributed by atoms with Crippen molar-refractivity contribution in [2.45, 2.75) is 6.92 Å². The Kier molecular flexibility index (Phi) is 2.99. The summed E-state index contributed by atoms with van der Waals surface area (Å²) in [5, 5.41) is 0.640. The lowest BCUT2D eigenvalue weighted by Gasteiger charge is -2.11. The monoisotopic (exact) mass is 335 g/mol. The fraction of sp³-hybridized carbons (Fsp3) is 0.0714. The van der Waals surface area contributed by atoms with Crippen LogP contribution < -0.4 is 5.73 Å². The van der Waals surface area contributed by atoms with Crippen molar-refractivity contribution in [3.63, 3.8) is 0 Å². The highest BCUT2D eigenvalue weighted by molar-refractivity contribution is 9.10. The SMILES string of the molecule is Cc1ccc(Br)cc1-n1c(N)nc2cccc(Cl)c21. The van der Waals surface area contributed by atoms with Crippen molar-refractivity contribution >= 4 is 44.5 Å². The molecule has 0 aliphatic heterocycles. The molecule has 0 atom stereocenters. The van der Waals surface area contributed by atoms with Gasteiger partial charge in [-0.25, -0.2) is 4.98 Å². The Morgan fingerprint density at radius 2 is 2.05 bits per heavy atom. The Labute approximate surface area is 124 Å². The zero-order valence-corrected chi connectivity index (χ0v) is 12.5. The van der Waals surface area contributed by atoms with Crippen molar-refractivity contribution in [2.24, 2.45) is 0 Å². The van der Waals surface area contributed by atoms with Crippen LogP contribution in [0.1, 0.15) is 5.56 Å². The van der Waals surface area contributed by atoms with Gasteiger partial charge in [0.2, 0.25) is 5.95 Å². The molecule has 0 aliphatic rings. The van der Waals surface area contributed by atoms with Crippen LogP contribution >= 0.6 is 27.5 Å². The fourth-order valence-corrected chi connectivity index (χ4v) is 2.77. The molecule has 0 saturated carbocycles. The summed E-state index contributed by atoms with van der Waals surface area (Å²) in [4.78, 5) is 4.36. The predicted molar refractivity (Wildman–Crippen MR) is 82.9 cm³/mol. The summed E-state index contributed by atoms with van der Waals surface area (Å²) in [6.07, 6.45) is 0. The molecule has 0 bridgehead atoms. The molecule has 3 nitrogen and oxygen atoms in total. The second-order valence-corrected chi connectivity index (χ2v) is 5.67. The highest BCUT2D eigenvalue weighted by Crippen LogP contribution is 2.31. The lowest BCUT2D eigenvalue weighted by molar-refractivity contribution is 1.09. The zero-order valence-electron chi connectivity index (χ0n) is 10.2. The van der Waals surface area contributed by atoms with Crippen LogP contribution in [0.3, 0.4) is 0 Å². The van der Waals surface area contributed by atoms with Crippen LogP contribution in [-0.2, 0) is 0 Å². The molecule has 96 valence electrons. The molecule has 0 aliphatic carbocycles. The van der Waals surface area contributed by atoms with Crippen LogP contribution in [-0.4, -0.2) is 9.55 Å². The standard InChI is InChI=1S/C14H11BrClN3/c1-8-5-6-9(15)7-12(8)19-13-10(16)3-2-4-11(13)18-14(19)17/h2-7H,1H3,(H2,17,18). The molecule has 0 amide bonds. The second-order valence-electron chi connectivity index (χ2n) is 4.34. The quantitative estimate of drug-likeness (QED) is 0.718. The van der Waals surface area contributed by atoms with E-state index in [1.165, 1.54) is 0 Å². The smallest absolute Gasteiger partial charge is 0.205 e. The summed E-state index contributed by atoms with van der Waals surface area (Å²) in [6.45, 7) is 2.03. The van der Waals surface area contributed by atoms with E-state index in [1.807, 2.05) is 47.9 Å². The van der Waals surface area contributed by atoms with Crippen LogP contribution in [0.25, 0.3) is 16.7 Å². The number of nitrogens with two attached hydrogens (primary N) is 1. The van der Waals surface area contributed by atoms with E-state index in [9.17, 15) is 0 Å². The van der Waals surface area contributed by atoms with E-state index in [4.69, 9.17) is 17.3 Å². The molecule has 19 heavy (non-hydrogen) atoms. The van der Waals surface area contributed by atoms with Gasteiger partial charge in [-0.2, -0.15) is 0 Å². The van der Waals surface area contributed by atoms with Crippen LogP contribution in [0.4, 0.5) is 5.95 Å². The maximum Gasteiger partial charge on any atom is 0.205 e. The van der Waals surface area contributed by atoms with Gasteiger partial charge in [0, 0.05) is 4.47 Å². The number of para-hydroxylation sites is 1. The average molecular weight is 337 g/mol. The van der Waals surface area contributed by atoms with Gasteiger partial charge in [0.25, 0.3) is 0 Å². The lowest BCUT2D eigenvalue weighted by atomic mass is 10.2. The fourth-order valence-electron chi connectivity index (χ4n) is 2.17. The minimum Gasteiger partial charge on any atom is -0.369 e. The first kappa shape index (κ1) is 12.5. The van der Waals surface area contributed by atoms with Crippen molar-refractivity contribution in [3.05, 3.63) is 51.5 Å². The molecule has 3 rings (SSSR count). The first-order valence-corrected chi connectivity index (χ1v) is 6.94. The van der Waals surface area contributed by atoms with E-state index in [2.05, 4.69) is 20.9 Å². The van der Waals surface area contributed by atoms with E-state index in [0.717, 1.165) is 26.8 Å². The number of benzene rings is 2. The van der Waals surface area contributed by atoms with Crippen LogP contribution in [0.15, 0.2) is 40.9 Å². The van der Waals surface area contributed by atoms with Gasteiger partial charge >= 0.3 is 0 Å². The number of imidazole rings is 1. The summed E-state index contributed by atoms with van der Waals surface area (Å²) in [6, 6.07) is 11.7. The maximum atomic E-state index is 6.29. The van der Waals surface area contributed by atoms with Gasteiger partial charge in [-0.3, -0.25) is 4.57 Å². The Morgan fingerprint density at radius 3 is 2.84 bits per heavy atom. The van der Waals surface area contributed by atoms with Crippen molar-refractivity contribution in [3.8, 4) is 5.69 Å². The third-order valence-electron chi connectivity index (χ3n) is 3.07. The molecule has 2 aromatic carbocycles. The molecule has 0 saturated heterocycles. The van der Waals surface area contributed by atoms with Crippen molar-refractivity contribution < 1.29 is 0 Å². The Morgan fingerprint density at radius 1 is 1.26 bits per heavy atom. The number of rotatable bonds is 1. The molecule has 0 unspecified atom stereocenters. The number of aromatic nitrogens is 2. The number of halogens is 2. The number of fused-ring (bicyclic) bond motifs is 1. The minimum absolute atomic E-state index is 0.435. The largest absolute Gasteiger partial charge is 0.369 e. The molecule has 0 radical (unpaired) electrons. The van der Waals surface area contributed by atoms with E-state index in [-0.39, 0.29) is 0 Å². The minimum atomic E-state index is 0.435. The zero-order chi connectivity index (χ0) is 13.6. The molecule has 1 aromatic heterocycles. The van der Waals surface area contributed by atoms with E-state index in [1.54, 1.807) is 0 Å². The number of anilines is 1. The maximum absolute atomic E-state index is 6.29. The summed E-state index contributed by atoms with van der Waals surface area (Å²) in [5.41, 5.74) is 9.76. The molecule has 2 N–H and O–H groups in total. The summed E-state index contributed by atoms with van der Waals surface area (Å²) < 4.78 is 2.87. The van der Waals surface area contributed by atoms with Gasteiger partial charge in [-0.15, -0.1) is 0 Å². The number of nitrogens with zero attached hydrogens (tertiary/aromatic N) is 2. The van der Waals surface area contributed by atoms with Gasteiger partial charge in [0.05, 0.1) is 21.7 Å². The Balaban J connectivity index is 2.42. The molecular formula is C14H11BrClN3. The van der Waals surface area contributed by atoms with Gasteiger partial charge in [-0.1, -0.05) is 39.7 Å². The number of hydrogen-bond acceptors (Lipinski definition) is 2. The molecule has 1 heterocycles. The molecule has 0 fully saturated rings. The van der Waals surface area contributed by atoms with Crippen molar-refractivity contribution in [1.29, 1.82) is 0 Å². The van der Waals surface area contributed by atoms with Gasteiger partial charge < -0.3 is 5.73 Å². The van der Waals surface area contributed by atoms with Gasteiger partial charge in [-0.05, 0) is 36.8 Å². The van der Waals surface area contributed by atoms with E-state index >= 15 is 0 Å². The van der Waals surface area contributed by atoms with E-state index < -0.39 is 0 Å². The third kappa shape index (κ3) is 2.01. The lowest BCUT2D eigenvalue weighted by Crippen LogP contribution is -2.02. The third-order valence-corrected chi connectivity index (χ3v) is 3.86. The van der Waals surface area contributed by atoms with Crippen LogP contribution in [0.5, 0.6) is 0 Å². The van der Waals surface area contributed by atoms with E-state index in [0.29, 0.717) is 11.0 Å². The Hall–Kier alpha value is -1.52. The van der Waals surface area contributed by atoms with Crippen LogP contribution in [0, 0.1) is 6.92 Å². The first-order chi connectivity index (χ1) is 9.08. The van der Waals surface area contributed by atoms with Gasteiger partial charge in [0.1, 0.15) is 0 Å². The highest BCUT2D eigenvalue weighted by atomic mass is 79.9. The molecular weight excluding hydrogens is 326 g/mol. The van der Waals surface area contributed by atoms with Crippen molar-refractivity contribution in [2.75, 3.05) is 5.73 Å². The Bertz CT molecular complexity index is 780. The number of aryl methyl sites for hydroxylation is 1. The number of nitrogen functional groups attached to an aromatic ring is 1. The summed E-state index contributed by atoms with van der Waals surface area (Å²) in [5.74, 6) is 0.435. The first-order valence-electron chi connectivity index (χ1n) is 5.77. The molecule has 5 heteroatoms. The topological polar surface area (TPSA) is 43.8 Å². The summed E-state index contributed by atoms with van der Waals surface area (Å²) >= 11 is 9.77. The molecule has 3 aromatic rings. The summed E-state index contributed by atoms with van der Waals surface area (Å²) in [7, 11) is 0.